The minimum absolute atomic E-state index is 0.317. The normalized spacial score (nSPS) is 14.8. The fraction of sp³-hybridized carbons (Fsp3) is 0.348. The first-order chi connectivity index (χ1) is 15.5. The lowest BCUT2D eigenvalue weighted by atomic mass is 10.00. The van der Waals surface area contributed by atoms with E-state index in [1.807, 2.05) is 36.4 Å². The van der Waals surface area contributed by atoms with E-state index in [1.54, 1.807) is 12.1 Å². The minimum atomic E-state index is -0.893. The molecule has 8 nitrogen and oxygen atoms in total. The predicted molar refractivity (Wildman–Crippen MR) is 125 cm³/mol. The largest absolute Gasteiger partial charge is 0.478 e. The third-order valence-corrected chi connectivity index (χ3v) is 6.25. The van der Waals surface area contributed by atoms with Crippen molar-refractivity contribution in [1.82, 2.24) is 20.1 Å². The van der Waals surface area contributed by atoms with Crippen LogP contribution in [0.5, 0.6) is 0 Å². The molecule has 4 rings (SSSR count). The predicted octanol–water partition coefficient (Wildman–Crippen LogP) is 3.45. The summed E-state index contributed by atoms with van der Waals surface area (Å²) in [7, 11) is 0. The quantitative estimate of drug-likeness (QED) is 0.478. The molecule has 0 radical (unpaired) electrons. The first-order valence-electron chi connectivity index (χ1n) is 10.7. The van der Waals surface area contributed by atoms with Crippen LogP contribution in [0.15, 0.2) is 48.5 Å². The van der Waals surface area contributed by atoms with Gasteiger partial charge in [0.05, 0.1) is 5.56 Å². The summed E-state index contributed by atoms with van der Waals surface area (Å²) in [6.07, 6.45) is 2.75. The number of benzene rings is 2. The molecule has 0 saturated carbocycles. The molecule has 9 heteroatoms. The second kappa shape index (κ2) is 10.0. The van der Waals surface area contributed by atoms with Crippen molar-refractivity contribution < 1.29 is 9.90 Å². The number of piperidine rings is 1. The molecule has 0 atom stereocenters. The van der Waals surface area contributed by atoms with Crippen LogP contribution in [0, 0.1) is 0 Å². The van der Waals surface area contributed by atoms with E-state index in [0.29, 0.717) is 30.0 Å². The van der Waals surface area contributed by atoms with E-state index in [-0.39, 0.29) is 0 Å². The van der Waals surface area contributed by atoms with Crippen LogP contribution in [0.25, 0.3) is 0 Å². The van der Waals surface area contributed by atoms with Gasteiger partial charge in [0, 0.05) is 37.2 Å². The topological polar surface area (TPSA) is 111 Å². The first-order valence-corrected chi connectivity index (χ1v) is 11.1. The highest BCUT2D eigenvalue weighted by Gasteiger charge is 2.27. The van der Waals surface area contributed by atoms with Crippen molar-refractivity contribution >= 4 is 29.5 Å². The van der Waals surface area contributed by atoms with E-state index < -0.39 is 5.97 Å². The van der Waals surface area contributed by atoms with Gasteiger partial charge in [-0.25, -0.2) is 4.79 Å². The van der Waals surface area contributed by atoms with Crippen LogP contribution >= 0.6 is 11.6 Å². The molecule has 1 aliphatic rings. The van der Waals surface area contributed by atoms with Crippen molar-refractivity contribution in [2.45, 2.75) is 31.8 Å². The maximum atomic E-state index is 11.7. The maximum Gasteiger partial charge on any atom is 0.336 e. The zero-order valence-corrected chi connectivity index (χ0v) is 18.5. The Balaban J connectivity index is 1.48. The Kier molecular flexibility index (Phi) is 6.92. The monoisotopic (exact) mass is 454 g/mol. The standard InChI is InChI=1S/C23H27ClN6O2/c24-18-7-5-16(6-8-18)9-12-30(15-17-3-1-2-4-20(17)21(31)32)19-10-13-29(14-11-19)23-26-22(25)27-28-23/h1-8,19H,9-15H2,(H,31,32)(H3,25,26,27,28). The van der Waals surface area contributed by atoms with Crippen LogP contribution in [0.3, 0.4) is 0 Å². The molecule has 1 saturated heterocycles. The van der Waals surface area contributed by atoms with Gasteiger partial charge in [-0.05, 0) is 48.6 Å². The van der Waals surface area contributed by atoms with E-state index >= 15 is 0 Å². The highest BCUT2D eigenvalue weighted by atomic mass is 35.5. The summed E-state index contributed by atoms with van der Waals surface area (Å²) in [5.74, 6) is 0.123. The zero-order valence-electron chi connectivity index (χ0n) is 17.7. The summed E-state index contributed by atoms with van der Waals surface area (Å²) in [6, 6.07) is 15.5. The molecule has 0 amide bonds. The van der Waals surface area contributed by atoms with Crippen LogP contribution in [-0.2, 0) is 13.0 Å². The number of H-pyrrole nitrogens is 1. The van der Waals surface area contributed by atoms with Crippen molar-refractivity contribution in [3.63, 3.8) is 0 Å². The van der Waals surface area contributed by atoms with Crippen molar-refractivity contribution in [2.75, 3.05) is 30.3 Å². The van der Waals surface area contributed by atoms with Crippen LogP contribution in [0.2, 0.25) is 5.02 Å². The first kappa shape index (κ1) is 22.1. The van der Waals surface area contributed by atoms with Crippen molar-refractivity contribution in [3.05, 3.63) is 70.2 Å². The average Bonchev–Trinajstić information content (AvgIpc) is 3.24. The van der Waals surface area contributed by atoms with Gasteiger partial charge < -0.3 is 15.7 Å². The van der Waals surface area contributed by atoms with Gasteiger partial charge in [-0.1, -0.05) is 41.9 Å². The minimum Gasteiger partial charge on any atom is -0.478 e. The number of halogens is 1. The number of aromatic carboxylic acids is 1. The van der Waals surface area contributed by atoms with Crippen LogP contribution in [0.1, 0.15) is 34.3 Å². The van der Waals surface area contributed by atoms with E-state index in [1.165, 1.54) is 5.56 Å². The molecule has 0 aliphatic carbocycles. The zero-order chi connectivity index (χ0) is 22.5. The molecule has 1 fully saturated rings. The number of nitrogens with zero attached hydrogens (tertiary/aromatic N) is 4. The summed E-state index contributed by atoms with van der Waals surface area (Å²) in [5, 5.41) is 18.3. The van der Waals surface area contributed by atoms with E-state index in [9.17, 15) is 9.90 Å². The summed E-state index contributed by atoms with van der Waals surface area (Å²) in [6.45, 7) is 3.08. The molecule has 4 N–H and O–H groups in total. The Bertz CT molecular complexity index is 1050. The van der Waals surface area contributed by atoms with Crippen molar-refractivity contribution in [1.29, 1.82) is 0 Å². The molecular weight excluding hydrogens is 428 g/mol. The molecule has 2 aromatic carbocycles. The second-order valence-corrected chi connectivity index (χ2v) is 8.50. The third-order valence-electron chi connectivity index (χ3n) is 5.99. The number of aromatic nitrogens is 3. The van der Waals surface area contributed by atoms with Gasteiger partial charge in [0.1, 0.15) is 0 Å². The smallest absolute Gasteiger partial charge is 0.336 e. The fourth-order valence-corrected chi connectivity index (χ4v) is 4.38. The molecule has 32 heavy (non-hydrogen) atoms. The summed E-state index contributed by atoms with van der Waals surface area (Å²) in [5.41, 5.74) is 8.07. The van der Waals surface area contributed by atoms with Crippen LogP contribution < -0.4 is 10.6 Å². The number of nitrogens with two attached hydrogens (primary N) is 1. The number of carbonyl (C=O) groups is 1. The number of carboxylic acids is 1. The molecular formula is C23H27ClN6O2. The van der Waals surface area contributed by atoms with E-state index in [0.717, 1.165) is 49.5 Å². The fourth-order valence-electron chi connectivity index (χ4n) is 4.25. The third kappa shape index (κ3) is 5.38. The van der Waals surface area contributed by atoms with Crippen molar-refractivity contribution in [3.8, 4) is 0 Å². The number of rotatable bonds is 8. The number of nitrogens with one attached hydrogen (secondary N) is 1. The lowest BCUT2D eigenvalue weighted by Crippen LogP contribution is -2.45. The van der Waals surface area contributed by atoms with Gasteiger partial charge in [0.2, 0.25) is 11.9 Å². The lowest BCUT2D eigenvalue weighted by molar-refractivity contribution is 0.0693. The van der Waals surface area contributed by atoms with Gasteiger partial charge in [-0.3, -0.25) is 9.88 Å². The van der Waals surface area contributed by atoms with Gasteiger partial charge in [-0.2, -0.15) is 0 Å². The molecule has 0 spiro atoms. The lowest BCUT2D eigenvalue weighted by Gasteiger charge is -2.38. The maximum absolute atomic E-state index is 11.7. The summed E-state index contributed by atoms with van der Waals surface area (Å²) >= 11 is 6.03. The van der Waals surface area contributed by atoms with E-state index in [2.05, 4.69) is 25.0 Å². The molecule has 168 valence electrons. The molecule has 0 bridgehead atoms. The Morgan fingerprint density at radius 2 is 1.88 bits per heavy atom. The molecule has 2 heterocycles. The van der Waals surface area contributed by atoms with E-state index in [4.69, 9.17) is 17.3 Å². The SMILES string of the molecule is Nc1nnc(N2CCC(N(CCc3ccc(Cl)cc3)Cc3ccccc3C(=O)O)CC2)[nH]1. The molecule has 1 aliphatic heterocycles. The highest BCUT2D eigenvalue weighted by molar-refractivity contribution is 6.30. The number of aromatic amines is 1. The van der Waals surface area contributed by atoms with Crippen LogP contribution in [-0.4, -0.2) is 56.8 Å². The van der Waals surface area contributed by atoms with Gasteiger partial charge in [0.25, 0.3) is 0 Å². The Labute approximate surface area is 192 Å². The number of hydrogen-bond acceptors (Lipinski definition) is 6. The average molecular weight is 455 g/mol. The molecule has 0 unspecified atom stereocenters. The van der Waals surface area contributed by atoms with Gasteiger partial charge in [0.15, 0.2) is 0 Å². The molecule has 1 aromatic heterocycles. The molecule has 3 aromatic rings. The number of hydrogen-bond donors (Lipinski definition) is 3. The number of carboxylic acid groups (broad SMARTS) is 1. The summed E-state index contributed by atoms with van der Waals surface area (Å²) in [4.78, 5) is 19.3. The van der Waals surface area contributed by atoms with Crippen molar-refractivity contribution in [2.24, 2.45) is 0 Å². The summed E-state index contributed by atoms with van der Waals surface area (Å²) < 4.78 is 0. The van der Waals surface area contributed by atoms with Gasteiger partial charge >= 0.3 is 5.97 Å². The Morgan fingerprint density at radius 3 is 2.53 bits per heavy atom. The second-order valence-electron chi connectivity index (χ2n) is 8.06. The Morgan fingerprint density at radius 1 is 1.16 bits per heavy atom. The highest BCUT2D eigenvalue weighted by Crippen LogP contribution is 2.23. The van der Waals surface area contributed by atoms with Gasteiger partial charge in [-0.15, -0.1) is 10.2 Å². The van der Waals surface area contributed by atoms with Crippen LogP contribution in [0.4, 0.5) is 11.9 Å². The number of nitrogen functional groups attached to an aromatic ring is 1. The number of anilines is 2. The Hall–Kier alpha value is -3.10.